The first-order valence-electron chi connectivity index (χ1n) is 16.7. The fourth-order valence-electron chi connectivity index (χ4n) is 6.65. The first kappa shape index (κ1) is 35.8. The zero-order valence-corrected chi connectivity index (χ0v) is 29.4. The highest BCUT2D eigenvalue weighted by Crippen LogP contribution is 2.39. The predicted molar refractivity (Wildman–Crippen MR) is 196 cm³/mol. The number of fused-ring (bicyclic) bond motifs is 2. The summed E-state index contributed by atoms with van der Waals surface area (Å²) in [4.78, 5) is 59.0. The molecule has 54 heavy (non-hydrogen) atoms. The number of aromatic carboxylic acids is 1. The number of methoxy groups -OCH3 is 3. The fourth-order valence-corrected chi connectivity index (χ4v) is 6.65. The highest BCUT2D eigenvalue weighted by Gasteiger charge is 2.36. The standard InChI is InChI=1S/C37H34F2N8O7/c1-52-29-11-19(12-30(53-2)33(29)54-3)10-20-16-42-37(44-34(20)40)43-31-23-13-21(38)4-5-27(23)47(35(31)49)18-45-6-8-46(9-7-45)28-15-26-22(14-25(28)39)32(48)24(17-41-26)36(50)51/h4-5,11-17H,6-10,18H2,1-3H3,(H,41,48)(H,50,51)(H2,40,42,44)/b43-31+. The van der Waals surface area contributed by atoms with E-state index >= 15 is 4.39 Å². The van der Waals surface area contributed by atoms with Crippen molar-refractivity contribution in [3.63, 3.8) is 0 Å². The molecule has 1 fully saturated rings. The van der Waals surface area contributed by atoms with Crippen LogP contribution in [0.25, 0.3) is 10.9 Å². The fraction of sp³-hybridized carbons (Fsp3) is 0.243. The van der Waals surface area contributed by atoms with E-state index in [9.17, 15) is 23.9 Å². The van der Waals surface area contributed by atoms with Gasteiger partial charge in [-0.15, -0.1) is 0 Å². The molecule has 17 heteroatoms. The van der Waals surface area contributed by atoms with Crippen LogP contribution in [-0.4, -0.2) is 96.7 Å². The molecule has 0 unspecified atom stereocenters. The van der Waals surface area contributed by atoms with Crippen molar-refractivity contribution < 1.29 is 37.7 Å². The van der Waals surface area contributed by atoms with E-state index in [2.05, 4.69) is 19.9 Å². The Bertz CT molecular complexity index is 2390. The van der Waals surface area contributed by atoms with Gasteiger partial charge in [-0.3, -0.25) is 19.4 Å². The molecular formula is C37H34F2N8O7. The quantitative estimate of drug-likeness (QED) is 0.189. The molecule has 0 aliphatic carbocycles. The number of carbonyl (C=O) groups is 2. The summed E-state index contributed by atoms with van der Waals surface area (Å²) in [5.41, 5.74) is 7.70. The Labute approximate surface area is 306 Å². The number of nitrogens with zero attached hydrogens (tertiary/aromatic N) is 6. The normalized spacial score (nSPS) is 15.2. The molecule has 278 valence electrons. The van der Waals surface area contributed by atoms with E-state index in [1.165, 1.54) is 56.7 Å². The number of halogens is 2. The Balaban J connectivity index is 1.08. The maximum Gasteiger partial charge on any atom is 0.341 e. The van der Waals surface area contributed by atoms with E-state index in [4.69, 9.17) is 19.9 Å². The van der Waals surface area contributed by atoms with Crippen molar-refractivity contribution in [1.82, 2.24) is 19.9 Å². The average Bonchev–Trinajstić information content (AvgIpc) is 3.40. The molecule has 4 heterocycles. The van der Waals surface area contributed by atoms with Crippen molar-refractivity contribution in [3.05, 3.63) is 99.0 Å². The zero-order chi connectivity index (χ0) is 38.3. The number of pyridine rings is 1. The number of nitrogen functional groups attached to an aromatic ring is 1. The van der Waals surface area contributed by atoms with E-state index in [1.807, 2.05) is 9.80 Å². The number of H-pyrrole nitrogens is 1. The molecule has 3 aromatic carbocycles. The number of amides is 1. The number of aromatic amines is 1. The van der Waals surface area contributed by atoms with Gasteiger partial charge < -0.3 is 34.9 Å². The number of piperazine rings is 1. The second-order valence-corrected chi connectivity index (χ2v) is 12.6. The lowest BCUT2D eigenvalue weighted by molar-refractivity contribution is -0.112. The number of nitrogens with one attached hydrogen (secondary N) is 1. The van der Waals surface area contributed by atoms with Crippen LogP contribution in [-0.2, 0) is 11.2 Å². The number of aliphatic imine (C=N–C) groups is 1. The lowest BCUT2D eigenvalue weighted by Gasteiger charge is -2.37. The predicted octanol–water partition coefficient (Wildman–Crippen LogP) is 3.74. The third-order valence-electron chi connectivity index (χ3n) is 9.40. The second-order valence-electron chi connectivity index (χ2n) is 12.6. The molecule has 1 saturated heterocycles. The molecule has 0 atom stereocenters. The maximum absolute atomic E-state index is 15.3. The monoisotopic (exact) mass is 740 g/mol. The zero-order valence-electron chi connectivity index (χ0n) is 29.4. The summed E-state index contributed by atoms with van der Waals surface area (Å²) in [6.45, 7) is 1.79. The maximum atomic E-state index is 15.3. The molecule has 15 nitrogen and oxygen atoms in total. The largest absolute Gasteiger partial charge is 0.493 e. The van der Waals surface area contributed by atoms with Gasteiger partial charge in [0.2, 0.25) is 11.2 Å². The van der Waals surface area contributed by atoms with E-state index < -0.39 is 34.5 Å². The first-order chi connectivity index (χ1) is 26.0. The van der Waals surface area contributed by atoms with Crippen LogP contribution in [0.5, 0.6) is 17.2 Å². The third-order valence-corrected chi connectivity index (χ3v) is 9.40. The molecule has 2 aromatic heterocycles. The third kappa shape index (κ3) is 6.60. The van der Waals surface area contributed by atoms with Crippen LogP contribution in [0.4, 0.5) is 31.9 Å². The highest BCUT2D eigenvalue weighted by atomic mass is 19.1. The first-order valence-corrected chi connectivity index (χ1v) is 16.7. The lowest BCUT2D eigenvalue weighted by Crippen LogP contribution is -2.51. The van der Waals surface area contributed by atoms with Gasteiger partial charge in [0.15, 0.2) is 11.5 Å². The lowest BCUT2D eigenvalue weighted by atomic mass is 10.1. The van der Waals surface area contributed by atoms with Crippen molar-refractivity contribution >= 4 is 51.6 Å². The van der Waals surface area contributed by atoms with Crippen molar-refractivity contribution in [3.8, 4) is 17.2 Å². The number of aromatic nitrogens is 3. The summed E-state index contributed by atoms with van der Waals surface area (Å²) >= 11 is 0. The van der Waals surface area contributed by atoms with Crippen LogP contribution in [0.2, 0.25) is 0 Å². The van der Waals surface area contributed by atoms with Gasteiger partial charge in [-0.1, -0.05) is 0 Å². The minimum atomic E-state index is -1.40. The topological polar surface area (TPSA) is 189 Å². The van der Waals surface area contributed by atoms with E-state index in [1.54, 1.807) is 12.1 Å². The number of rotatable bonds is 10. The smallest absolute Gasteiger partial charge is 0.341 e. The molecule has 0 saturated carbocycles. The van der Waals surface area contributed by atoms with E-state index in [0.717, 1.165) is 17.8 Å². The van der Waals surface area contributed by atoms with Crippen LogP contribution in [0.15, 0.2) is 64.6 Å². The number of hydrogen-bond donors (Lipinski definition) is 3. The molecular weight excluding hydrogens is 706 g/mol. The summed E-state index contributed by atoms with van der Waals surface area (Å²) in [6, 6.07) is 10.1. The molecule has 1 amide bonds. The summed E-state index contributed by atoms with van der Waals surface area (Å²) < 4.78 is 46.1. The van der Waals surface area contributed by atoms with Gasteiger partial charge in [-0.05, 0) is 48.0 Å². The van der Waals surface area contributed by atoms with Gasteiger partial charge in [0.05, 0.1) is 44.9 Å². The number of hydrogen-bond acceptors (Lipinski definition) is 12. The van der Waals surface area contributed by atoms with Crippen molar-refractivity contribution in [2.24, 2.45) is 4.99 Å². The number of carbonyl (C=O) groups excluding carboxylic acids is 1. The minimum absolute atomic E-state index is 0.0433. The van der Waals surface area contributed by atoms with Crippen LogP contribution < -0.4 is 35.2 Å². The highest BCUT2D eigenvalue weighted by molar-refractivity contribution is 6.54. The van der Waals surface area contributed by atoms with Gasteiger partial charge in [-0.2, -0.15) is 4.98 Å². The van der Waals surface area contributed by atoms with Gasteiger partial charge >= 0.3 is 5.97 Å². The number of nitrogens with two attached hydrogens (primary N) is 1. The van der Waals surface area contributed by atoms with Gasteiger partial charge in [-0.25, -0.2) is 23.6 Å². The molecule has 2 aliphatic heterocycles. The number of carboxylic acid groups (broad SMARTS) is 1. The summed E-state index contributed by atoms with van der Waals surface area (Å²) in [6.07, 6.45) is 2.93. The molecule has 0 radical (unpaired) electrons. The molecule has 0 spiro atoms. The minimum Gasteiger partial charge on any atom is -0.493 e. The number of carboxylic acids is 1. The number of benzene rings is 3. The van der Waals surface area contributed by atoms with Crippen LogP contribution in [0.3, 0.4) is 0 Å². The Morgan fingerprint density at radius 1 is 0.981 bits per heavy atom. The van der Waals surface area contributed by atoms with Gasteiger partial charge in [0.1, 0.15) is 28.7 Å². The molecule has 4 N–H and O–H groups in total. The summed E-state index contributed by atoms with van der Waals surface area (Å²) in [5.74, 6) is -1.64. The van der Waals surface area contributed by atoms with Crippen LogP contribution in [0.1, 0.15) is 27.0 Å². The summed E-state index contributed by atoms with van der Waals surface area (Å²) in [7, 11) is 4.55. The Kier molecular flexibility index (Phi) is 9.55. The van der Waals surface area contributed by atoms with Crippen molar-refractivity contribution in [2.75, 3.05) is 69.7 Å². The van der Waals surface area contributed by atoms with Crippen LogP contribution in [0, 0.1) is 11.6 Å². The van der Waals surface area contributed by atoms with Gasteiger partial charge in [0.25, 0.3) is 11.9 Å². The Hall–Kier alpha value is -6.62. The van der Waals surface area contributed by atoms with Crippen LogP contribution >= 0.6 is 0 Å². The average molecular weight is 741 g/mol. The van der Waals surface area contributed by atoms with Crippen molar-refractivity contribution in [1.29, 1.82) is 0 Å². The molecule has 5 aromatic rings. The van der Waals surface area contributed by atoms with E-state index in [0.29, 0.717) is 66.6 Å². The Morgan fingerprint density at radius 3 is 2.35 bits per heavy atom. The number of ether oxygens (including phenoxy) is 3. The second kappa shape index (κ2) is 14.4. The van der Waals surface area contributed by atoms with E-state index in [-0.39, 0.29) is 40.8 Å². The molecule has 7 rings (SSSR count). The Morgan fingerprint density at radius 2 is 1.70 bits per heavy atom. The molecule has 0 bridgehead atoms. The van der Waals surface area contributed by atoms with Gasteiger partial charge in [0, 0.05) is 61.5 Å². The SMILES string of the molecule is COc1cc(Cc2cnc(/N=C3/C(=O)N(CN4CCN(c5cc6[nH]cc(C(=O)O)c(=O)c6cc5F)CC4)c4ccc(F)cc43)nc2N)cc(OC)c1OC. The van der Waals surface area contributed by atoms with Crippen molar-refractivity contribution in [2.45, 2.75) is 6.42 Å². The molecule has 2 aliphatic rings. The summed E-state index contributed by atoms with van der Waals surface area (Å²) in [5, 5.41) is 9.19. The number of anilines is 3.